The molecule has 6 rings (SSSR count). The van der Waals surface area contributed by atoms with Crippen LogP contribution in [0.15, 0.2) is 140 Å². The molecular formula is C36H29N2+. The predicted octanol–water partition coefficient (Wildman–Crippen LogP) is 8.55. The average Bonchev–Trinajstić information content (AvgIpc) is 2.98. The first-order valence-corrected chi connectivity index (χ1v) is 13.0. The highest BCUT2D eigenvalue weighted by atomic mass is 15.0. The zero-order chi connectivity index (χ0) is 25.9. The molecule has 0 saturated carbocycles. The van der Waals surface area contributed by atoms with E-state index in [9.17, 15) is 0 Å². The number of aryl methyl sites for hydroxylation is 2. The second-order valence-electron chi connectivity index (χ2n) is 9.58. The average molecular weight is 490 g/mol. The highest BCUT2D eigenvalue weighted by Crippen LogP contribution is 2.41. The van der Waals surface area contributed by atoms with Crippen molar-refractivity contribution in [1.29, 1.82) is 0 Å². The Morgan fingerprint density at radius 3 is 1.63 bits per heavy atom. The summed E-state index contributed by atoms with van der Waals surface area (Å²) in [5.41, 5.74) is 12.4. The zero-order valence-corrected chi connectivity index (χ0v) is 21.7. The molecule has 0 fully saturated rings. The van der Waals surface area contributed by atoms with Crippen molar-refractivity contribution in [3.63, 3.8) is 0 Å². The summed E-state index contributed by atoms with van der Waals surface area (Å²) in [7, 11) is 2.14. The molecule has 0 aliphatic rings. The number of hydrogen-bond donors (Lipinski definition) is 0. The second kappa shape index (κ2) is 10.3. The molecule has 182 valence electrons. The van der Waals surface area contributed by atoms with Gasteiger partial charge < -0.3 is 0 Å². The van der Waals surface area contributed by atoms with Gasteiger partial charge >= 0.3 is 0 Å². The summed E-state index contributed by atoms with van der Waals surface area (Å²) in [6.45, 7) is 2.19. The standard InChI is InChI=1S/C36H29N2/c1-26-15-14-24-31(28-18-8-4-9-19-28)34(26)36-35(37-33(25-38(36)2)29-20-10-5-11-21-29)32-23-13-12-22-30(32)27-16-6-3-7-17-27/h3-25H,1-2H3/q+1. The summed E-state index contributed by atoms with van der Waals surface area (Å²) in [4.78, 5) is 5.39. The van der Waals surface area contributed by atoms with Gasteiger partial charge in [0.25, 0.3) is 0 Å². The maximum Gasteiger partial charge on any atom is 0.239 e. The Morgan fingerprint density at radius 1 is 0.500 bits per heavy atom. The number of aromatic nitrogens is 2. The fourth-order valence-corrected chi connectivity index (χ4v) is 5.25. The van der Waals surface area contributed by atoms with Gasteiger partial charge in [-0.3, -0.25) is 0 Å². The lowest BCUT2D eigenvalue weighted by Gasteiger charge is -2.17. The molecule has 0 aliphatic carbocycles. The molecule has 0 N–H and O–H groups in total. The van der Waals surface area contributed by atoms with Crippen LogP contribution in [0, 0.1) is 6.92 Å². The molecule has 5 aromatic carbocycles. The molecule has 1 heterocycles. The maximum atomic E-state index is 5.39. The summed E-state index contributed by atoms with van der Waals surface area (Å²) in [6, 6.07) is 46.8. The van der Waals surface area contributed by atoms with Gasteiger partial charge in [0.15, 0.2) is 6.20 Å². The summed E-state index contributed by atoms with van der Waals surface area (Å²) < 4.78 is 2.25. The quantitative estimate of drug-likeness (QED) is 0.222. The lowest BCUT2D eigenvalue weighted by molar-refractivity contribution is -0.659. The minimum atomic E-state index is 0.949. The molecular weight excluding hydrogens is 460 g/mol. The number of nitrogens with zero attached hydrogens (tertiary/aromatic N) is 2. The van der Waals surface area contributed by atoms with E-state index in [4.69, 9.17) is 4.98 Å². The van der Waals surface area contributed by atoms with Crippen LogP contribution in [-0.2, 0) is 7.05 Å². The second-order valence-corrected chi connectivity index (χ2v) is 9.58. The minimum absolute atomic E-state index is 0.949. The van der Waals surface area contributed by atoms with Crippen molar-refractivity contribution >= 4 is 0 Å². The van der Waals surface area contributed by atoms with Crippen LogP contribution in [0.4, 0.5) is 0 Å². The molecule has 2 heteroatoms. The smallest absolute Gasteiger partial charge is 0.234 e. The van der Waals surface area contributed by atoms with Gasteiger partial charge in [-0.2, -0.15) is 4.57 Å². The van der Waals surface area contributed by atoms with Crippen LogP contribution in [0.3, 0.4) is 0 Å². The summed E-state index contributed by atoms with van der Waals surface area (Å²) in [5.74, 6) is 0. The summed E-state index contributed by atoms with van der Waals surface area (Å²) in [5, 5.41) is 0. The molecule has 0 atom stereocenters. The molecule has 0 spiro atoms. The van der Waals surface area contributed by atoms with E-state index in [1.54, 1.807) is 0 Å². The van der Waals surface area contributed by atoms with Crippen molar-refractivity contribution in [2.75, 3.05) is 0 Å². The molecule has 0 aliphatic heterocycles. The fourth-order valence-electron chi connectivity index (χ4n) is 5.25. The minimum Gasteiger partial charge on any atom is -0.234 e. The van der Waals surface area contributed by atoms with Gasteiger partial charge in [-0.15, -0.1) is 0 Å². The van der Waals surface area contributed by atoms with Crippen LogP contribution in [0.25, 0.3) is 56.0 Å². The van der Waals surface area contributed by atoms with E-state index in [1.165, 1.54) is 33.4 Å². The molecule has 0 saturated heterocycles. The largest absolute Gasteiger partial charge is 0.239 e. The molecule has 2 nitrogen and oxygen atoms in total. The number of rotatable bonds is 5. The molecule has 0 bridgehead atoms. The molecule has 6 aromatic rings. The van der Waals surface area contributed by atoms with E-state index >= 15 is 0 Å². The van der Waals surface area contributed by atoms with Crippen LogP contribution in [0.5, 0.6) is 0 Å². The normalized spacial score (nSPS) is 10.9. The van der Waals surface area contributed by atoms with E-state index in [2.05, 4.69) is 152 Å². The van der Waals surface area contributed by atoms with Crippen molar-refractivity contribution in [2.24, 2.45) is 7.05 Å². The first kappa shape index (κ1) is 23.6. The first-order valence-electron chi connectivity index (χ1n) is 13.0. The third-order valence-electron chi connectivity index (χ3n) is 7.06. The van der Waals surface area contributed by atoms with Crippen molar-refractivity contribution in [2.45, 2.75) is 6.92 Å². The van der Waals surface area contributed by atoms with Crippen LogP contribution >= 0.6 is 0 Å². The Morgan fingerprint density at radius 2 is 1.00 bits per heavy atom. The van der Waals surface area contributed by atoms with Gasteiger partial charge in [-0.1, -0.05) is 133 Å². The SMILES string of the molecule is Cc1cccc(-c2ccccc2)c1-c1c(-c2ccccc2-c2ccccc2)nc(-c2ccccc2)c[n+]1C. The van der Waals surface area contributed by atoms with E-state index in [-0.39, 0.29) is 0 Å². The Kier molecular flexibility index (Phi) is 6.37. The van der Waals surface area contributed by atoms with Crippen molar-refractivity contribution < 1.29 is 4.57 Å². The van der Waals surface area contributed by atoms with Crippen molar-refractivity contribution in [3.8, 4) is 56.0 Å². The van der Waals surface area contributed by atoms with Gasteiger partial charge in [0.2, 0.25) is 5.69 Å². The monoisotopic (exact) mass is 489 g/mol. The summed E-state index contributed by atoms with van der Waals surface area (Å²) in [6.07, 6.45) is 2.15. The first-order chi connectivity index (χ1) is 18.7. The van der Waals surface area contributed by atoms with Gasteiger partial charge in [0, 0.05) is 11.1 Å². The third kappa shape index (κ3) is 4.42. The highest BCUT2D eigenvalue weighted by molar-refractivity contribution is 5.93. The van der Waals surface area contributed by atoms with Gasteiger partial charge in [0.1, 0.15) is 18.4 Å². The molecule has 0 amide bonds. The van der Waals surface area contributed by atoms with Crippen LogP contribution in [-0.4, -0.2) is 4.98 Å². The molecule has 0 radical (unpaired) electrons. The Balaban J connectivity index is 1.70. The Bertz CT molecular complexity index is 1710. The van der Waals surface area contributed by atoms with Gasteiger partial charge in [-0.25, -0.2) is 4.98 Å². The lowest BCUT2D eigenvalue weighted by atomic mass is 9.89. The third-order valence-corrected chi connectivity index (χ3v) is 7.06. The van der Waals surface area contributed by atoms with E-state index in [0.29, 0.717) is 0 Å². The topological polar surface area (TPSA) is 16.8 Å². The number of hydrogen-bond acceptors (Lipinski definition) is 1. The van der Waals surface area contributed by atoms with Crippen LogP contribution < -0.4 is 4.57 Å². The van der Waals surface area contributed by atoms with Crippen LogP contribution in [0.2, 0.25) is 0 Å². The lowest BCUT2D eigenvalue weighted by Crippen LogP contribution is -2.33. The van der Waals surface area contributed by atoms with Crippen LogP contribution in [0.1, 0.15) is 5.56 Å². The van der Waals surface area contributed by atoms with Gasteiger partial charge in [0.05, 0.1) is 5.56 Å². The van der Waals surface area contributed by atoms with Crippen molar-refractivity contribution in [3.05, 3.63) is 145 Å². The Hall–Kier alpha value is -4.82. The Labute approximate surface area is 224 Å². The molecule has 0 unspecified atom stereocenters. The van der Waals surface area contributed by atoms with E-state index < -0.39 is 0 Å². The summed E-state index contributed by atoms with van der Waals surface area (Å²) >= 11 is 0. The predicted molar refractivity (Wildman–Crippen MR) is 157 cm³/mol. The highest BCUT2D eigenvalue weighted by Gasteiger charge is 2.27. The fraction of sp³-hybridized carbons (Fsp3) is 0.0556. The molecule has 38 heavy (non-hydrogen) atoms. The van der Waals surface area contributed by atoms with Gasteiger partial charge in [-0.05, 0) is 34.7 Å². The zero-order valence-electron chi connectivity index (χ0n) is 21.7. The molecule has 1 aromatic heterocycles. The van der Waals surface area contributed by atoms with E-state index in [0.717, 1.165) is 28.2 Å². The van der Waals surface area contributed by atoms with Crippen molar-refractivity contribution in [1.82, 2.24) is 4.98 Å². The maximum absolute atomic E-state index is 5.39. The van der Waals surface area contributed by atoms with E-state index in [1.807, 2.05) is 6.07 Å². The number of benzene rings is 5.